The third-order valence-corrected chi connectivity index (χ3v) is 3.91. The number of aromatic nitrogens is 1. The number of pyridine rings is 1. The number of aryl methyl sites for hydroxylation is 1. The van der Waals surface area contributed by atoms with Crippen molar-refractivity contribution >= 4 is 28.5 Å². The van der Waals surface area contributed by atoms with Gasteiger partial charge in [-0.2, -0.15) is 0 Å². The van der Waals surface area contributed by atoms with Crippen molar-refractivity contribution in [3.05, 3.63) is 64.6 Å². The Kier molecular flexibility index (Phi) is 4.01. The van der Waals surface area contributed by atoms with E-state index in [-0.39, 0.29) is 0 Å². The van der Waals surface area contributed by atoms with E-state index in [0.717, 1.165) is 5.56 Å². The fourth-order valence-electron chi connectivity index (χ4n) is 2.61. The van der Waals surface area contributed by atoms with Crippen molar-refractivity contribution in [3.63, 3.8) is 0 Å². The molecule has 3 aromatic rings. The summed E-state index contributed by atoms with van der Waals surface area (Å²) in [5.74, 6) is -0.868. The van der Waals surface area contributed by atoms with E-state index in [0.29, 0.717) is 32.6 Å². The number of rotatable bonds is 2. The molecule has 0 fully saturated rings. The fourth-order valence-corrected chi connectivity index (χ4v) is 2.77. The molecule has 0 saturated heterocycles. The molecule has 0 radical (unpaired) electrons. The van der Waals surface area contributed by atoms with Gasteiger partial charge in [0, 0.05) is 22.2 Å². The van der Waals surface area contributed by atoms with Crippen LogP contribution in [0.25, 0.3) is 22.0 Å². The largest absolute Gasteiger partial charge is 0.465 e. The molecule has 23 heavy (non-hydrogen) atoms. The number of hydrogen-bond donors (Lipinski definition) is 0. The topological polar surface area (TPSA) is 39.2 Å². The second-order valence-corrected chi connectivity index (χ2v) is 5.60. The maximum Gasteiger partial charge on any atom is 0.337 e. The van der Waals surface area contributed by atoms with Crippen molar-refractivity contribution < 1.29 is 13.9 Å². The Morgan fingerprint density at radius 1 is 1.17 bits per heavy atom. The molecule has 0 aliphatic rings. The molecule has 0 saturated carbocycles. The first-order chi connectivity index (χ1) is 11.0. The van der Waals surface area contributed by atoms with Crippen molar-refractivity contribution in [3.8, 4) is 11.1 Å². The molecule has 116 valence electrons. The zero-order valence-electron chi connectivity index (χ0n) is 12.6. The summed E-state index contributed by atoms with van der Waals surface area (Å²) in [4.78, 5) is 16.2. The Hall–Kier alpha value is -2.46. The Morgan fingerprint density at radius 2 is 1.96 bits per heavy atom. The van der Waals surface area contributed by atoms with Crippen LogP contribution >= 0.6 is 11.6 Å². The van der Waals surface area contributed by atoms with Gasteiger partial charge in [0.05, 0.1) is 18.2 Å². The van der Waals surface area contributed by atoms with Crippen LogP contribution in [0.3, 0.4) is 0 Å². The number of carbonyl (C=O) groups excluding carboxylic acids is 1. The minimum atomic E-state index is -0.443. The van der Waals surface area contributed by atoms with E-state index in [2.05, 4.69) is 4.98 Å². The van der Waals surface area contributed by atoms with E-state index >= 15 is 0 Å². The molecule has 0 unspecified atom stereocenters. The Bertz CT molecular complexity index is 924. The number of fused-ring (bicyclic) bond motifs is 1. The van der Waals surface area contributed by atoms with E-state index in [1.165, 1.54) is 13.2 Å². The van der Waals surface area contributed by atoms with Crippen LogP contribution in [0.15, 0.2) is 42.6 Å². The van der Waals surface area contributed by atoms with Crippen molar-refractivity contribution in [2.75, 3.05) is 7.11 Å². The highest BCUT2D eigenvalue weighted by Crippen LogP contribution is 2.32. The number of halogens is 2. The number of carbonyl (C=O) groups is 1. The van der Waals surface area contributed by atoms with Crippen LogP contribution in [0.2, 0.25) is 5.02 Å². The molecule has 0 bridgehead atoms. The predicted octanol–water partition coefficient (Wildman–Crippen LogP) is 4.79. The average Bonchev–Trinajstić information content (AvgIpc) is 2.54. The standard InChI is InChI=1S/C18H13ClFNO2/c1-10-7-11(18(22)23-2)8-15-13(5-6-21-17(10)15)14-4-3-12(19)9-16(14)20/h3-9H,1-2H3. The summed E-state index contributed by atoms with van der Waals surface area (Å²) in [7, 11) is 1.32. The van der Waals surface area contributed by atoms with Crippen molar-refractivity contribution in [2.45, 2.75) is 6.92 Å². The normalized spacial score (nSPS) is 10.8. The van der Waals surface area contributed by atoms with Gasteiger partial charge in [-0.05, 0) is 54.4 Å². The van der Waals surface area contributed by atoms with Crippen LogP contribution in [0.5, 0.6) is 0 Å². The van der Waals surface area contributed by atoms with Gasteiger partial charge >= 0.3 is 5.97 Å². The summed E-state index contributed by atoms with van der Waals surface area (Å²) in [6, 6.07) is 9.61. The first-order valence-corrected chi connectivity index (χ1v) is 7.32. The monoisotopic (exact) mass is 329 g/mol. The lowest BCUT2D eigenvalue weighted by Crippen LogP contribution is -2.02. The number of benzene rings is 2. The third-order valence-electron chi connectivity index (χ3n) is 3.68. The maximum atomic E-state index is 14.3. The van der Waals surface area contributed by atoms with Gasteiger partial charge in [-0.3, -0.25) is 4.98 Å². The molecule has 0 aliphatic heterocycles. The molecule has 5 heteroatoms. The molecule has 1 aromatic heterocycles. The van der Waals surface area contributed by atoms with Gasteiger partial charge in [-0.25, -0.2) is 9.18 Å². The third kappa shape index (κ3) is 2.78. The van der Waals surface area contributed by atoms with Gasteiger partial charge in [0.2, 0.25) is 0 Å². The second kappa shape index (κ2) is 5.97. The van der Waals surface area contributed by atoms with Crippen molar-refractivity contribution in [2.24, 2.45) is 0 Å². The van der Waals surface area contributed by atoms with Crippen molar-refractivity contribution in [1.29, 1.82) is 0 Å². The van der Waals surface area contributed by atoms with Gasteiger partial charge < -0.3 is 4.74 Å². The van der Waals surface area contributed by atoms with Crippen LogP contribution in [-0.4, -0.2) is 18.1 Å². The molecule has 0 N–H and O–H groups in total. The highest BCUT2D eigenvalue weighted by molar-refractivity contribution is 6.30. The molecular formula is C18H13ClFNO2. The molecule has 0 amide bonds. The summed E-state index contributed by atoms with van der Waals surface area (Å²) in [5.41, 5.74) is 2.99. The molecule has 2 aromatic carbocycles. The first-order valence-electron chi connectivity index (χ1n) is 6.94. The second-order valence-electron chi connectivity index (χ2n) is 5.16. The number of methoxy groups -OCH3 is 1. The Labute approximate surface area is 137 Å². The number of esters is 1. The average molecular weight is 330 g/mol. The number of nitrogens with zero attached hydrogens (tertiary/aromatic N) is 1. The lowest BCUT2D eigenvalue weighted by Gasteiger charge is -2.11. The highest BCUT2D eigenvalue weighted by atomic mass is 35.5. The molecular weight excluding hydrogens is 317 g/mol. The van der Waals surface area contributed by atoms with E-state index < -0.39 is 11.8 Å². The van der Waals surface area contributed by atoms with Crippen molar-refractivity contribution in [1.82, 2.24) is 4.98 Å². The van der Waals surface area contributed by atoms with E-state index in [9.17, 15) is 9.18 Å². The SMILES string of the molecule is COC(=O)c1cc(C)c2nccc(-c3ccc(Cl)cc3F)c2c1. The lowest BCUT2D eigenvalue weighted by molar-refractivity contribution is 0.0601. The number of ether oxygens (including phenoxy) is 1. The minimum absolute atomic E-state index is 0.330. The van der Waals surface area contributed by atoms with Crippen LogP contribution in [0.4, 0.5) is 4.39 Å². The molecule has 0 atom stereocenters. The summed E-state index contributed by atoms with van der Waals surface area (Å²) in [5, 5.41) is 1.02. The molecule has 3 rings (SSSR count). The zero-order chi connectivity index (χ0) is 16.6. The fraction of sp³-hybridized carbons (Fsp3) is 0.111. The van der Waals surface area contributed by atoms with Crippen LogP contribution < -0.4 is 0 Å². The van der Waals surface area contributed by atoms with Gasteiger partial charge in [0.1, 0.15) is 5.82 Å². The summed E-state index contributed by atoms with van der Waals surface area (Å²) in [6.07, 6.45) is 1.62. The van der Waals surface area contributed by atoms with Gasteiger partial charge in [0.25, 0.3) is 0 Å². The van der Waals surface area contributed by atoms with Gasteiger partial charge in [-0.15, -0.1) is 0 Å². The quantitative estimate of drug-likeness (QED) is 0.634. The zero-order valence-corrected chi connectivity index (χ0v) is 13.3. The van der Waals surface area contributed by atoms with E-state index in [4.69, 9.17) is 16.3 Å². The Balaban J connectivity index is 2.33. The van der Waals surface area contributed by atoms with E-state index in [1.807, 2.05) is 6.92 Å². The maximum absolute atomic E-state index is 14.3. The summed E-state index contributed by atoms with van der Waals surface area (Å²) in [6.45, 7) is 1.85. The van der Waals surface area contributed by atoms with Crippen LogP contribution in [0.1, 0.15) is 15.9 Å². The predicted molar refractivity (Wildman–Crippen MR) is 88.2 cm³/mol. The van der Waals surface area contributed by atoms with Gasteiger partial charge in [0.15, 0.2) is 0 Å². The Morgan fingerprint density at radius 3 is 2.65 bits per heavy atom. The summed E-state index contributed by atoms with van der Waals surface area (Å²) >= 11 is 5.82. The number of hydrogen-bond acceptors (Lipinski definition) is 3. The van der Waals surface area contributed by atoms with Crippen LogP contribution in [-0.2, 0) is 4.74 Å². The van der Waals surface area contributed by atoms with Crippen LogP contribution in [0, 0.1) is 12.7 Å². The molecule has 3 nitrogen and oxygen atoms in total. The molecule has 0 spiro atoms. The molecule has 0 aliphatic carbocycles. The first kappa shape index (κ1) is 15.4. The van der Waals surface area contributed by atoms with E-state index in [1.54, 1.807) is 36.5 Å². The molecule has 1 heterocycles. The highest BCUT2D eigenvalue weighted by Gasteiger charge is 2.14. The smallest absolute Gasteiger partial charge is 0.337 e. The lowest BCUT2D eigenvalue weighted by atomic mass is 9.97. The van der Waals surface area contributed by atoms with Gasteiger partial charge in [-0.1, -0.05) is 11.6 Å². The minimum Gasteiger partial charge on any atom is -0.465 e. The summed E-state index contributed by atoms with van der Waals surface area (Å²) < 4.78 is 19.1.